The molecule has 2 amide bonds. The van der Waals surface area contributed by atoms with E-state index in [9.17, 15) is 9.59 Å². The Morgan fingerprint density at radius 1 is 1.05 bits per heavy atom. The van der Waals surface area contributed by atoms with E-state index in [-0.39, 0.29) is 18.4 Å². The Bertz CT molecular complexity index is 717. The second kappa shape index (κ2) is 7.56. The molecule has 0 aliphatic carbocycles. The summed E-state index contributed by atoms with van der Waals surface area (Å²) in [6.45, 7) is 1.82. The number of hydrogen-bond acceptors (Lipinski definition) is 2. The predicted octanol–water partition coefficient (Wildman–Crippen LogP) is 3.89. The summed E-state index contributed by atoms with van der Waals surface area (Å²) in [5.74, 6) is -0.558. The van der Waals surface area contributed by atoms with Gasteiger partial charge in [-0.15, -0.1) is 0 Å². The SMILES string of the molecule is Cc1cc(Br)ccc1NC(=O)CNC(=O)c1cccc(Br)c1. The van der Waals surface area contributed by atoms with Crippen LogP contribution in [0, 0.1) is 6.92 Å². The molecule has 0 atom stereocenters. The topological polar surface area (TPSA) is 58.2 Å². The van der Waals surface area contributed by atoms with Crippen molar-refractivity contribution in [3.8, 4) is 0 Å². The molecule has 114 valence electrons. The molecule has 22 heavy (non-hydrogen) atoms. The van der Waals surface area contributed by atoms with E-state index >= 15 is 0 Å². The molecule has 2 aromatic rings. The van der Waals surface area contributed by atoms with Crippen LogP contribution in [-0.4, -0.2) is 18.4 Å². The van der Waals surface area contributed by atoms with Crippen LogP contribution in [0.25, 0.3) is 0 Å². The molecule has 0 bridgehead atoms. The van der Waals surface area contributed by atoms with E-state index in [1.165, 1.54) is 0 Å². The molecule has 2 N–H and O–H groups in total. The molecule has 2 rings (SSSR count). The van der Waals surface area contributed by atoms with Crippen LogP contribution in [0.1, 0.15) is 15.9 Å². The van der Waals surface area contributed by atoms with E-state index in [4.69, 9.17) is 0 Å². The summed E-state index contributed by atoms with van der Waals surface area (Å²) in [7, 11) is 0. The van der Waals surface area contributed by atoms with Crippen LogP contribution < -0.4 is 10.6 Å². The molecule has 0 aromatic heterocycles. The fourth-order valence-corrected chi connectivity index (χ4v) is 2.73. The summed E-state index contributed by atoms with van der Waals surface area (Å²) >= 11 is 6.68. The summed E-state index contributed by atoms with van der Waals surface area (Å²) in [5, 5.41) is 5.37. The van der Waals surface area contributed by atoms with Crippen LogP contribution in [-0.2, 0) is 4.79 Å². The van der Waals surface area contributed by atoms with Gasteiger partial charge in [0, 0.05) is 20.2 Å². The Balaban J connectivity index is 1.91. The minimum atomic E-state index is -0.288. The van der Waals surface area contributed by atoms with Crippen LogP contribution in [0.4, 0.5) is 5.69 Å². The summed E-state index contributed by atoms with van der Waals surface area (Å²) < 4.78 is 1.76. The predicted molar refractivity (Wildman–Crippen MR) is 94.0 cm³/mol. The number of hydrogen-bond donors (Lipinski definition) is 2. The van der Waals surface area contributed by atoms with Gasteiger partial charge in [0.05, 0.1) is 6.54 Å². The number of carbonyl (C=O) groups excluding carboxylic acids is 2. The summed E-state index contributed by atoms with van der Waals surface area (Å²) in [6, 6.07) is 12.6. The first-order chi connectivity index (χ1) is 10.5. The third-order valence-corrected chi connectivity index (χ3v) is 3.95. The van der Waals surface area contributed by atoms with Gasteiger partial charge in [-0.3, -0.25) is 9.59 Å². The van der Waals surface area contributed by atoms with Crippen LogP contribution in [0.5, 0.6) is 0 Å². The third kappa shape index (κ3) is 4.68. The van der Waals surface area contributed by atoms with Gasteiger partial charge in [0.25, 0.3) is 5.91 Å². The smallest absolute Gasteiger partial charge is 0.251 e. The Labute approximate surface area is 145 Å². The van der Waals surface area contributed by atoms with Crippen LogP contribution in [0.3, 0.4) is 0 Å². The molecule has 0 spiro atoms. The van der Waals surface area contributed by atoms with Crippen molar-refractivity contribution in [3.63, 3.8) is 0 Å². The molecule has 0 fully saturated rings. The second-order valence-corrected chi connectivity index (χ2v) is 6.53. The Morgan fingerprint density at radius 3 is 2.45 bits per heavy atom. The van der Waals surface area contributed by atoms with Crippen molar-refractivity contribution in [2.24, 2.45) is 0 Å². The van der Waals surface area contributed by atoms with Crippen molar-refractivity contribution >= 4 is 49.4 Å². The molecule has 0 radical (unpaired) electrons. The lowest BCUT2D eigenvalue weighted by Crippen LogP contribution is -2.33. The monoisotopic (exact) mass is 424 g/mol. The van der Waals surface area contributed by atoms with Crippen LogP contribution in [0.2, 0.25) is 0 Å². The van der Waals surface area contributed by atoms with Crippen molar-refractivity contribution in [3.05, 3.63) is 62.5 Å². The van der Waals surface area contributed by atoms with Gasteiger partial charge < -0.3 is 10.6 Å². The largest absolute Gasteiger partial charge is 0.343 e. The summed E-state index contributed by atoms with van der Waals surface area (Å²) in [6.07, 6.45) is 0. The number of benzene rings is 2. The lowest BCUT2D eigenvalue weighted by atomic mass is 10.2. The Hall–Kier alpha value is -1.66. The minimum Gasteiger partial charge on any atom is -0.343 e. The second-order valence-electron chi connectivity index (χ2n) is 4.70. The number of amides is 2. The maximum Gasteiger partial charge on any atom is 0.251 e. The molecule has 4 nitrogen and oxygen atoms in total. The van der Waals surface area contributed by atoms with Gasteiger partial charge in [-0.2, -0.15) is 0 Å². The summed E-state index contributed by atoms with van der Waals surface area (Å²) in [4.78, 5) is 23.9. The van der Waals surface area contributed by atoms with Crippen molar-refractivity contribution in [1.82, 2.24) is 5.32 Å². The molecule has 6 heteroatoms. The number of aryl methyl sites for hydroxylation is 1. The molecular weight excluding hydrogens is 412 g/mol. The molecule has 0 saturated carbocycles. The average molecular weight is 426 g/mol. The van der Waals surface area contributed by atoms with Gasteiger partial charge >= 0.3 is 0 Å². The number of carbonyl (C=O) groups is 2. The van der Waals surface area contributed by atoms with Gasteiger partial charge in [-0.05, 0) is 48.9 Å². The van der Waals surface area contributed by atoms with Crippen molar-refractivity contribution in [2.75, 3.05) is 11.9 Å². The van der Waals surface area contributed by atoms with E-state index in [1.54, 1.807) is 18.2 Å². The lowest BCUT2D eigenvalue weighted by Gasteiger charge is -2.09. The molecule has 2 aromatic carbocycles. The molecule has 0 aliphatic heterocycles. The maximum atomic E-state index is 11.9. The molecule has 0 aliphatic rings. The van der Waals surface area contributed by atoms with E-state index < -0.39 is 0 Å². The first kappa shape index (κ1) is 16.7. The number of rotatable bonds is 4. The zero-order valence-corrected chi connectivity index (χ0v) is 15.0. The fourth-order valence-electron chi connectivity index (χ4n) is 1.85. The lowest BCUT2D eigenvalue weighted by molar-refractivity contribution is -0.115. The van der Waals surface area contributed by atoms with E-state index in [0.29, 0.717) is 5.56 Å². The molecule has 0 unspecified atom stereocenters. The highest BCUT2D eigenvalue weighted by atomic mass is 79.9. The highest BCUT2D eigenvalue weighted by Crippen LogP contribution is 2.19. The standard InChI is InChI=1S/C16H14Br2N2O2/c1-10-7-13(18)5-6-14(10)20-15(21)9-19-16(22)11-3-2-4-12(17)8-11/h2-8H,9H2,1H3,(H,19,22)(H,20,21). The fraction of sp³-hybridized carbons (Fsp3) is 0.125. The van der Waals surface area contributed by atoms with Gasteiger partial charge in [-0.25, -0.2) is 0 Å². The first-order valence-corrected chi connectivity index (χ1v) is 8.14. The van der Waals surface area contributed by atoms with E-state index in [1.807, 2.05) is 31.2 Å². The van der Waals surface area contributed by atoms with Gasteiger partial charge in [0.1, 0.15) is 0 Å². The quantitative estimate of drug-likeness (QED) is 0.780. The minimum absolute atomic E-state index is 0.0825. The first-order valence-electron chi connectivity index (χ1n) is 6.55. The van der Waals surface area contributed by atoms with E-state index in [2.05, 4.69) is 42.5 Å². The van der Waals surface area contributed by atoms with Crippen molar-refractivity contribution in [1.29, 1.82) is 0 Å². The highest BCUT2D eigenvalue weighted by Gasteiger charge is 2.09. The van der Waals surface area contributed by atoms with Gasteiger partial charge in [-0.1, -0.05) is 37.9 Å². The highest BCUT2D eigenvalue weighted by molar-refractivity contribution is 9.10. The van der Waals surface area contributed by atoms with Crippen molar-refractivity contribution in [2.45, 2.75) is 6.92 Å². The van der Waals surface area contributed by atoms with Gasteiger partial charge in [0.15, 0.2) is 0 Å². The normalized spacial score (nSPS) is 10.1. The molecule has 0 heterocycles. The maximum absolute atomic E-state index is 11.9. The zero-order valence-electron chi connectivity index (χ0n) is 11.8. The zero-order chi connectivity index (χ0) is 16.1. The Kier molecular flexibility index (Phi) is 5.74. The Morgan fingerprint density at radius 2 is 1.77 bits per heavy atom. The van der Waals surface area contributed by atoms with Crippen LogP contribution >= 0.6 is 31.9 Å². The number of halogens is 2. The number of nitrogens with one attached hydrogen (secondary N) is 2. The molecule has 0 saturated heterocycles. The average Bonchev–Trinajstić information content (AvgIpc) is 2.47. The third-order valence-electron chi connectivity index (χ3n) is 2.96. The number of anilines is 1. The molecular formula is C16H14Br2N2O2. The van der Waals surface area contributed by atoms with Crippen molar-refractivity contribution < 1.29 is 9.59 Å². The van der Waals surface area contributed by atoms with Crippen LogP contribution in [0.15, 0.2) is 51.4 Å². The van der Waals surface area contributed by atoms with Gasteiger partial charge in [0.2, 0.25) is 5.91 Å². The summed E-state index contributed by atoms with van der Waals surface area (Å²) in [5.41, 5.74) is 2.17. The van der Waals surface area contributed by atoms with E-state index in [0.717, 1.165) is 20.2 Å².